The topological polar surface area (TPSA) is 71.0 Å². The SMILES string of the molecule is Cc1cc(C)nc(SCC(=O)NCc2ccc(N3CCCC3)nc2)n1. The highest BCUT2D eigenvalue weighted by molar-refractivity contribution is 7.99. The van der Waals surface area contributed by atoms with Crippen molar-refractivity contribution in [3.63, 3.8) is 0 Å². The molecule has 3 heterocycles. The Labute approximate surface area is 152 Å². The van der Waals surface area contributed by atoms with Gasteiger partial charge in [0.15, 0.2) is 5.16 Å². The lowest BCUT2D eigenvalue weighted by Crippen LogP contribution is -2.25. The van der Waals surface area contributed by atoms with Gasteiger partial charge in [0.05, 0.1) is 5.75 Å². The van der Waals surface area contributed by atoms with E-state index in [1.54, 1.807) is 0 Å². The summed E-state index contributed by atoms with van der Waals surface area (Å²) < 4.78 is 0. The van der Waals surface area contributed by atoms with Gasteiger partial charge >= 0.3 is 0 Å². The van der Waals surface area contributed by atoms with E-state index in [4.69, 9.17) is 0 Å². The third-order valence-electron chi connectivity index (χ3n) is 4.02. The van der Waals surface area contributed by atoms with Crippen LogP contribution >= 0.6 is 11.8 Å². The summed E-state index contributed by atoms with van der Waals surface area (Å²) in [6, 6.07) is 5.98. The van der Waals surface area contributed by atoms with Gasteiger partial charge < -0.3 is 10.2 Å². The van der Waals surface area contributed by atoms with Crippen molar-refractivity contribution in [3.05, 3.63) is 41.3 Å². The maximum atomic E-state index is 12.0. The Balaban J connectivity index is 1.45. The molecule has 7 heteroatoms. The molecule has 132 valence electrons. The highest BCUT2D eigenvalue weighted by atomic mass is 32.2. The van der Waals surface area contributed by atoms with Crippen molar-refractivity contribution < 1.29 is 4.79 Å². The molecule has 1 saturated heterocycles. The Morgan fingerprint density at radius 1 is 1.20 bits per heavy atom. The summed E-state index contributed by atoms with van der Waals surface area (Å²) in [6.07, 6.45) is 4.32. The van der Waals surface area contributed by atoms with Crippen molar-refractivity contribution in [2.45, 2.75) is 38.4 Å². The van der Waals surface area contributed by atoms with Crippen molar-refractivity contribution in [2.24, 2.45) is 0 Å². The molecule has 0 spiro atoms. The van der Waals surface area contributed by atoms with E-state index in [1.165, 1.54) is 24.6 Å². The van der Waals surface area contributed by atoms with Crippen LogP contribution < -0.4 is 10.2 Å². The van der Waals surface area contributed by atoms with E-state index in [2.05, 4.69) is 25.2 Å². The number of aromatic nitrogens is 3. The molecule has 0 aromatic carbocycles. The fraction of sp³-hybridized carbons (Fsp3) is 0.444. The number of hydrogen-bond acceptors (Lipinski definition) is 6. The molecule has 1 aliphatic heterocycles. The molecule has 0 aliphatic carbocycles. The number of thioether (sulfide) groups is 1. The molecule has 0 radical (unpaired) electrons. The second kappa shape index (κ2) is 8.29. The van der Waals surface area contributed by atoms with Crippen molar-refractivity contribution in [1.29, 1.82) is 0 Å². The summed E-state index contributed by atoms with van der Waals surface area (Å²) in [5, 5.41) is 3.56. The minimum absolute atomic E-state index is 0.0311. The van der Waals surface area contributed by atoms with Gasteiger partial charge in [0, 0.05) is 37.2 Å². The Morgan fingerprint density at radius 2 is 1.92 bits per heavy atom. The average molecular weight is 357 g/mol. The van der Waals surface area contributed by atoms with E-state index in [-0.39, 0.29) is 5.91 Å². The molecule has 0 saturated carbocycles. The number of carbonyl (C=O) groups excluding carboxylic acids is 1. The fourth-order valence-corrected chi connectivity index (χ4v) is 3.57. The molecule has 0 atom stereocenters. The smallest absolute Gasteiger partial charge is 0.230 e. The number of hydrogen-bond donors (Lipinski definition) is 1. The Morgan fingerprint density at radius 3 is 2.56 bits per heavy atom. The summed E-state index contributed by atoms with van der Waals surface area (Å²) in [5.74, 6) is 1.30. The standard InChI is InChI=1S/C18H23N5OS/c1-13-9-14(2)22-18(21-13)25-12-17(24)20-11-15-5-6-16(19-10-15)23-7-3-4-8-23/h5-6,9-10H,3-4,7-8,11-12H2,1-2H3,(H,20,24). The molecule has 3 rings (SSSR count). The molecule has 0 unspecified atom stereocenters. The molecule has 1 aliphatic rings. The number of rotatable bonds is 6. The van der Waals surface area contributed by atoms with Crippen molar-refractivity contribution in [3.8, 4) is 0 Å². The van der Waals surface area contributed by atoms with Gasteiger partial charge in [0.25, 0.3) is 0 Å². The van der Waals surface area contributed by atoms with Crippen LogP contribution in [0.15, 0.2) is 29.6 Å². The maximum absolute atomic E-state index is 12.0. The first-order valence-electron chi connectivity index (χ1n) is 8.52. The second-order valence-electron chi connectivity index (χ2n) is 6.22. The van der Waals surface area contributed by atoms with Crippen molar-refractivity contribution >= 4 is 23.5 Å². The molecule has 1 amide bonds. The van der Waals surface area contributed by atoms with Crippen LogP contribution in [0.4, 0.5) is 5.82 Å². The zero-order valence-corrected chi connectivity index (χ0v) is 15.5. The van der Waals surface area contributed by atoms with Crippen LogP contribution in [0.3, 0.4) is 0 Å². The van der Waals surface area contributed by atoms with Crippen LogP contribution in [0.25, 0.3) is 0 Å². The van der Waals surface area contributed by atoms with Crippen LogP contribution in [0.5, 0.6) is 0 Å². The van der Waals surface area contributed by atoms with Crippen molar-refractivity contribution in [1.82, 2.24) is 20.3 Å². The van der Waals surface area contributed by atoms with Crippen LogP contribution in [0.1, 0.15) is 29.8 Å². The second-order valence-corrected chi connectivity index (χ2v) is 7.16. The quantitative estimate of drug-likeness (QED) is 0.633. The highest BCUT2D eigenvalue weighted by Gasteiger charge is 2.13. The van der Waals surface area contributed by atoms with Gasteiger partial charge in [-0.1, -0.05) is 17.8 Å². The van der Waals surface area contributed by atoms with E-state index in [0.717, 1.165) is 35.9 Å². The summed E-state index contributed by atoms with van der Waals surface area (Å²) in [5.41, 5.74) is 2.84. The van der Waals surface area contributed by atoms with E-state index in [0.29, 0.717) is 17.5 Å². The lowest BCUT2D eigenvalue weighted by atomic mass is 10.2. The van der Waals surface area contributed by atoms with Gasteiger partial charge in [0.2, 0.25) is 5.91 Å². The Kier molecular flexibility index (Phi) is 5.86. The monoisotopic (exact) mass is 357 g/mol. The van der Waals surface area contributed by atoms with E-state index < -0.39 is 0 Å². The highest BCUT2D eigenvalue weighted by Crippen LogP contribution is 2.17. The van der Waals surface area contributed by atoms with Gasteiger partial charge in [0.1, 0.15) is 5.82 Å². The molecule has 2 aromatic heterocycles. The maximum Gasteiger partial charge on any atom is 0.230 e. The third-order valence-corrected chi connectivity index (χ3v) is 4.87. The molecule has 0 bridgehead atoms. The van der Waals surface area contributed by atoms with Crippen LogP contribution in [-0.4, -0.2) is 39.7 Å². The summed E-state index contributed by atoms with van der Waals surface area (Å²) >= 11 is 1.35. The van der Waals surface area contributed by atoms with Crippen LogP contribution in [0.2, 0.25) is 0 Å². The first kappa shape index (κ1) is 17.7. The number of anilines is 1. The van der Waals surface area contributed by atoms with Gasteiger partial charge in [-0.3, -0.25) is 4.79 Å². The minimum atomic E-state index is -0.0311. The Hall–Kier alpha value is -2.15. The summed E-state index contributed by atoms with van der Waals surface area (Å²) in [7, 11) is 0. The summed E-state index contributed by atoms with van der Waals surface area (Å²) in [4.78, 5) is 27.5. The number of aryl methyl sites for hydroxylation is 2. The van der Waals surface area contributed by atoms with Crippen LogP contribution in [-0.2, 0) is 11.3 Å². The Bertz CT molecular complexity index is 708. The van der Waals surface area contributed by atoms with E-state index in [9.17, 15) is 4.79 Å². The fourth-order valence-electron chi connectivity index (χ4n) is 2.79. The number of nitrogens with one attached hydrogen (secondary N) is 1. The number of nitrogens with zero attached hydrogens (tertiary/aromatic N) is 4. The number of amides is 1. The predicted octanol–water partition coefficient (Wildman–Crippen LogP) is 2.50. The number of pyridine rings is 1. The molecule has 2 aromatic rings. The molecular weight excluding hydrogens is 334 g/mol. The summed E-state index contributed by atoms with van der Waals surface area (Å²) in [6.45, 7) is 6.51. The van der Waals surface area contributed by atoms with E-state index in [1.807, 2.05) is 38.2 Å². The zero-order valence-electron chi connectivity index (χ0n) is 14.7. The first-order chi connectivity index (χ1) is 12.1. The minimum Gasteiger partial charge on any atom is -0.357 e. The lowest BCUT2D eigenvalue weighted by Gasteiger charge is -2.16. The number of carbonyl (C=O) groups is 1. The molecule has 25 heavy (non-hydrogen) atoms. The lowest BCUT2D eigenvalue weighted by molar-refractivity contribution is -0.118. The van der Waals surface area contributed by atoms with E-state index >= 15 is 0 Å². The molecule has 1 N–H and O–H groups in total. The molecule has 1 fully saturated rings. The van der Waals surface area contributed by atoms with Gasteiger partial charge in [-0.15, -0.1) is 0 Å². The molecular formula is C18H23N5OS. The first-order valence-corrected chi connectivity index (χ1v) is 9.50. The van der Waals surface area contributed by atoms with Crippen LogP contribution in [0, 0.1) is 13.8 Å². The largest absolute Gasteiger partial charge is 0.357 e. The molecule has 6 nitrogen and oxygen atoms in total. The van der Waals surface area contributed by atoms with Gasteiger partial charge in [-0.25, -0.2) is 15.0 Å². The van der Waals surface area contributed by atoms with Gasteiger partial charge in [-0.2, -0.15) is 0 Å². The normalized spacial score (nSPS) is 13.9. The third kappa shape index (κ3) is 5.16. The average Bonchev–Trinajstić information content (AvgIpc) is 3.12. The predicted molar refractivity (Wildman–Crippen MR) is 99.8 cm³/mol. The van der Waals surface area contributed by atoms with Crippen molar-refractivity contribution in [2.75, 3.05) is 23.7 Å². The zero-order chi connectivity index (χ0) is 17.6. The van der Waals surface area contributed by atoms with Gasteiger partial charge in [-0.05, 0) is 44.4 Å².